The Kier molecular flexibility index (Phi) is 36.2. The number of allylic oxidation sites excluding steroid dienone is 2. The van der Waals surface area contributed by atoms with E-state index < -0.39 is 24.0 Å². The highest BCUT2D eigenvalue weighted by Crippen LogP contribution is 2.16. The minimum atomic E-state index is -1.01. The van der Waals surface area contributed by atoms with Crippen LogP contribution < -0.4 is 31.8 Å². The van der Waals surface area contributed by atoms with Crippen molar-refractivity contribution in [3.8, 4) is 0 Å². The van der Waals surface area contributed by atoms with E-state index in [1.165, 1.54) is 64.2 Å². The minimum Gasteiger partial charge on any atom is -0.513 e. The lowest BCUT2D eigenvalue weighted by atomic mass is 10.00. The van der Waals surface area contributed by atoms with Crippen molar-refractivity contribution in [2.75, 3.05) is 27.2 Å². The molecular formula is C45H85BN6O6. The van der Waals surface area contributed by atoms with Gasteiger partial charge in [-0.25, -0.2) is 4.79 Å². The maximum atomic E-state index is 12.5. The molecule has 0 fully saturated rings. The Morgan fingerprint density at radius 2 is 0.948 bits per heavy atom. The number of amides is 1. The van der Waals surface area contributed by atoms with Crippen LogP contribution in [0.15, 0.2) is 36.9 Å². The third-order valence-electron chi connectivity index (χ3n) is 11.1. The molecule has 0 aromatic carbocycles. The van der Waals surface area contributed by atoms with Crippen LogP contribution >= 0.6 is 0 Å². The molecular weight excluding hydrogens is 731 g/mol. The molecule has 0 saturated heterocycles. The summed E-state index contributed by atoms with van der Waals surface area (Å²) >= 11 is 0. The van der Waals surface area contributed by atoms with Gasteiger partial charge in [-0.1, -0.05) is 116 Å². The molecule has 0 aliphatic carbocycles. The maximum Gasteiger partial charge on any atom is 0.326 e. The number of carbonyl (C=O) groups excluding carboxylic acids is 1. The van der Waals surface area contributed by atoms with E-state index in [-0.39, 0.29) is 11.9 Å². The topological polar surface area (TPSA) is 184 Å². The number of nitrogens with one attached hydrogen (secondary N) is 6. The van der Waals surface area contributed by atoms with Gasteiger partial charge in [0.2, 0.25) is 5.91 Å². The van der Waals surface area contributed by atoms with Crippen molar-refractivity contribution in [2.24, 2.45) is 0 Å². The smallest absolute Gasteiger partial charge is 0.326 e. The molecule has 0 aliphatic heterocycles. The number of rotatable bonds is 44. The monoisotopic (exact) mass is 817 g/mol. The summed E-state index contributed by atoms with van der Waals surface area (Å²) < 4.78 is 0. The van der Waals surface area contributed by atoms with E-state index in [9.17, 15) is 19.5 Å². The largest absolute Gasteiger partial charge is 0.513 e. The molecule has 3 unspecified atom stereocenters. The fourth-order valence-corrected chi connectivity index (χ4v) is 7.24. The van der Waals surface area contributed by atoms with Gasteiger partial charge in [0.1, 0.15) is 6.04 Å². The molecule has 0 heterocycles. The van der Waals surface area contributed by atoms with Crippen LogP contribution in [-0.2, 0) is 14.4 Å². The Bertz CT molecular complexity index is 1110. The quantitative estimate of drug-likeness (QED) is 0.0165. The molecule has 0 rings (SSSR count). The van der Waals surface area contributed by atoms with Crippen LogP contribution in [0.3, 0.4) is 0 Å². The van der Waals surface area contributed by atoms with Crippen LogP contribution in [0.2, 0.25) is 0 Å². The minimum absolute atomic E-state index is 0.181. The van der Waals surface area contributed by atoms with Crippen molar-refractivity contribution >= 4 is 25.8 Å². The fourth-order valence-electron chi connectivity index (χ4n) is 7.24. The number of unbranched alkanes of at least 4 members (excludes halogenated alkanes) is 16. The highest BCUT2D eigenvalue weighted by Gasteiger charge is 2.20. The van der Waals surface area contributed by atoms with E-state index in [2.05, 4.69) is 51.5 Å². The third kappa shape index (κ3) is 32.9. The van der Waals surface area contributed by atoms with Gasteiger partial charge in [0.05, 0.1) is 11.8 Å². The molecule has 0 spiro atoms. The summed E-state index contributed by atoms with van der Waals surface area (Å²) in [4.78, 5) is 35.4. The molecule has 13 heteroatoms. The van der Waals surface area contributed by atoms with Gasteiger partial charge in [-0.2, -0.15) is 0 Å². The van der Waals surface area contributed by atoms with Crippen molar-refractivity contribution in [1.29, 1.82) is 0 Å². The first kappa shape index (κ1) is 55.0. The number of carboxylic acid groups (broad SMARTS) is 2. The van der Waals surface area contributed by atoms with E-state index >= 15 is 0 Å². The summed E-state index contributed by atoms with van der Waals surface area (Å²) in [5.41, 5.74) is 1.76. The average Bonchev–Trinajstić information content (AvgIpc) is 3.19. The Morgan fingerprint density at radius 3 is 1.43 bits per heavy atom. The van der Waals surface area contributed by atoms with E-state index in [0.717, 1.165) is 114 Å². The van der Waals surface area contributed by atoms with Crippen LogP contribution in [0.25, 0.3) is 0 Å². The summed E-state index contributed by atoms with van der Waals surface area (Å²) in [5.74, 6) is -1.82. The van der Waals surface area contributed by atoms with Gasteiger partial charge in [0, 0.05) is 49.4 Å². The van der Waals surface area contributed by atoms with E-state index in [0.29, 0.717) is 37.5 Å². The van der Waals surface area contributed by atoms with Gasteiger partial charge in [-0.3, -0.25) is 9.59 Å². The normalized spacial score (nSPS) is 13.3. The first-order valence-corrected chi connectivity index (χ1v) is 22.7. The van der Waals surface area contributed by atoms with Crippen molar-refractivity contribution in [3.63, 3.8) is 0 Å². The van der Waals surface area contributed by atoms with Crippen LogP contribution in [0.4, 0.5) is 0 Å². The number of aliphatic hydroxyl groups excluding tert-OH is 1. The van der Waals surface area contributed by atoms with Crippen molar-refractivity contribution in [3.05, 3.63) is 36.9 Å². The lowest BCUT2D eigenvalue weighted by Gasteiger charge is -2.21. The van der Waals surface area contributed by atoms with Gasteiger partial charge in [0.25, 0.3) is 0 Å². The number of hydrogen-bond acceptors (Lipinski definition) is 9. The lowest BCUT2D eigenvalue weighted by molar-refractivity contribution is -0.142. The molecule has 12 nitrogen and oxygen atoms in total. The highest BCUT2D eigenvalue weighted by atomic mass is 16.4. The van der Waals surface area contributed by atoms with E-state index in [4.69, 9.17) is 18.2 Å². The van der Waals surface area contributed by atoms with Crippen LogP contribution in [0, 0.1) is 0 Å². The molecule has 334 valence electrons. The molecule has 0 aliphatic rings. The lowest BCUT2D eigenvalue weighted by Crippen LogP contribution is -2.40. The molecule has 4 atom stereocenters. The van der Waals surface area contributed by atoms with Crippen LogP contribution in [-0.4, -0.2) is 92.5 Å². The SMILES string of the molecule is [B]NC(CCCCNC(=C)C(CCCC[C@H](CCCCNC(=C)CCC(NC(=O)CCCCCCCCCCCCCCCCC(=C)O)C(=O)O)NC)NC)C(=O)O. The molecule has 58 heavy (non-hydrogen) atoms. The standard InChI is InChI=1S/C45H85BN6O6/c1-36(32-33-41(44(55)56)51-43(54)31-19-17-15-13-11-9-7-6-8-10-12-14-16-18-26-37(2)53)49-34-24-22-28-39(47-4)27-20-21-29-40(48-5)38(3)50-35-25-23-30-42(52-46)45(57)58/h39-42,47-50,52-53H,1-3,6-35H2,4-5H3,(H,51,54)(H,55,56)(H,57,58)/t39-,40?,41?,42?/m1/s1. The molecule has 0 aromatic rings. The maximum absolute atomic E-state index is 12.5. The zero-order valence-corrected chi connectivity index (χ0v) is 36.8. The third-order valence-corrected chi connectivity index (χ3v) is 11.1. The summed E-state index contributed by atoms with van der Waals surface area (Å²) in [7, 11) is 9.26. The van der Waals surface area contributed by atoms with Gasteiger partial charge in [-0.05, 0) is 84.7 Å². The van der Waals surface area contributed by atoms with Crippen molar-refractivity contribution < 1.29 is 29.7 Å². The molecule has 0 saturated carbocycles. The number of aliphatic hydroxyl groups is 1. The summed E-state index contributed by atoms with van der Waals surface area (Å²) in [6.45, 7) is 13.4. The Labute approximate surface area is 354 Å². The van der Waals surface area contributed by atoms with Gasteiger partial charge >= 0.3 is 11.9 Å². The molecule has 1 amide bonds. The Hall–Kier alpha value is -3.03. The van der Waals surface area contributed by atoms with Crippen LogP contribution in [0.1, 0.15) is 180 Å². The summed E-state index contributed by atoms with van der Waals surface area (Å²) in [6, 6.07) is -0.988. The molecule has 9 N–H and O–H groups in total. The Morgan fingerprint density at radius 1 is 0.500 bits per heavy atom. The number of hydrogen-bond donors (Lipinski definition) is 9. The van der Waals surface area contributed by atoms with Gasteiger partial charge in [-0.15, -0.1) is 0 Å². The zero-order valence-electron chi connectivity index (χ0n) is 36.8. The number of carbonyl (C=O) groups is 3. The zero-order chi connectivity index (χ0) is 43.2. The second kappa shape index (κ2) is 38.2. The van der Waals surface area contributed by atoms with E-state index in [1.807, 2.05) is 14.1 Å². The predicted octanol–water partition coefficient (Wildman–Crippen LogP) is 8.06. The van der Waals surface area contributed by atoms with Crippen molar-refractivity contribution in [2.45, 2.75) is 204 Å². The average molecular weight is 817 g/mol. The van der Waals surface area contributed by atoms with Crippen molar-refractivity contribution in [1.82, 2.24) is 31.8 Å². The number of carboxylic acids is 2. The molecule has 2 radical (unpaired) electrons. The molecule has 0 bridgehead atoms. The van der Waals surface area contributed by atoms with Gasteiger partial charge < -0.3 is 47.1 Å². The fraction of sp³-hybridized carbons (Fsp3) is 0.800. The highest BCUT2D eigenvalue weighted by molar-refractivity contribution is 6.06. The summed E-state index contributed by atoms with van der Waals surface area (Å²) in [6.07, 6.45) is 28.0. The molecule has 0 aromatic heterocycles. The second-order valence-electron chi connectivity index (χ2n) is 16.2. The Balaban J connectivity index is 3.97. The predicted molar refractivity (Wildman–Crippen MR) is 241 cm³/mol. The van der Waals surface area contributed by atoms with Crippen LogP contribution in [0.5, 0.6) is 0 Å². The number of aliphatic carboxylic acids is 2. The first-order valence-electron chi connectivity index (χ1n) is 22.7. The second-order valence-corrected chi connectivity index (χ2v) is 16.2. The first-order chi connectivity index (χ1) is 27.9. The van der Waals surface area contributed by atoms with E-state index in [1.54, 1.807) is 0 Å². The number of likely N-dealkylation sites (N-methyl/N-ethyl adjacent to an activating group) is 1. The summed E-state index contributed by atoms with van der Waals surface area (Å²) in [5, 5.41) is 46.5. The van der Waals surface area contributed by atoms with Gasteiger partial charge in [0.15, 0.2) is 7.98 Å².